The van der Waals surface area contributed by atoms with Gasteiger partial charge < -0.3 is 35.4 Å². The summed E-state index contributed by atoms with van der Waals surface area (Å²) in [4.78, 5) is 63.3. The van der Waals surface area contributed by atoms with Gasteiger partial charge in [0.2, 0.25) is 0 Å². The zero-order valence-electron chi connectivity index (χ0n) is 48.2. The Morgan fingerprint density at radius 3 is 1.51 bits per heavy atom. The first-order chi connectivity index (χ1) is 36.8. The van der Waals surface area contributed by atoms with Crippen molar-refractivity contribution in [1.29, 1.82) is 0 Å². The van der Waals surface area contributed by atoms with Gasteiger partial charge in [-0.3, -0.25) is 14.8 Å². The Morgan fingerprint density at radius 2 is 1.08 bits per heavy atom. The highest BCUT2D eigenvalue weighted by molar-refractivity contribution is 7.16. The molecule has 2 aliphatic rings. The van der Waals surface area contributed by atoms with Crippen molar-refractivity contribution < 1.29 is 33.8 Å². The third-order valence-corrected chi connectivity index (χ3v) is 15.7. The number of nitrogens with zero attached hydrogens (tertiary/aromatic N) is 3. The number of thiophene rings is 2. The molecule has 3 amide bonds. The highest BCUT2D eigenvalue weighted by Gasteiger charge is 2.29. The van der Waals surface area contributed by atoms with Crippen LogP contribution in [0.4, 0.5) is 9.59 Å². The van der Waals surface area contributed by atoms with E-state index in [2.05, 4.69) is 106 Å². The number of carboxylic acids is 1. The van der Waals surface area contributed by atoms with Crippen LogP contribution in [-0.2, 0) is 20.3 Å². The molecule has 17 heteroatoms. The number of piperidine rings is 2. The first-order valence-corrected chi connectivity index (χ1v) is 29.2. The molecule has 4 aromatic heterocycles. The Hall–Kier alpha value is -5.84. The molecule has 424 valence electrons. The van der Waals surface area contributed by atoms with E-state index >= 15 is 0 Å². The number of benzene rings is 2. The van der Waals surface area contributed by atoms with E-state index in [0.29, 0.717) is 28.7 Å². The van der Waals surface area contributed by atoms with Crippen molar-refractivity contribution in [3.05, 3.63) is 128 Å². The van der Waals surface area contributed by atoms with E-state index < -0.39 is 23.3 Å². The lowest BCUT2D eigenvalue weighted by Crippen LogP contribution is -2.50. The minimum absolute atomic E-state index is 0.0151. The maximum Gasteiger partial charge on any atom is 0.407 e. The number of amides is 3. The van der Waals surface area contributed by atoms with Crippen molar-refractivity contribution in [2.24, 2.45) is 0 Å². The fourth-order valence-electron chi connectivity index (χ4n) is 8.90. The number of aryl methyl sites for hydroxylation is 2. The number of nitrogens with one attached hydrogen (secondary N) is 3. The van der Waals surface area contributed by atoms with Gasteiger partial charge in [0.1, 0.15) is 11.2 Å². The number of carbonyl (C=O) groups excluding carboxylic acids is 3. The summed E-state index contributed by atoms with van der Waals surface area (Å²) >= 11 is 16.4. The number of ether oxygens (including phenoxy) is 2. The molecule has 2 fully saturated rings. The molecule has 13 nitrogen and oxygen atoms in total. The van der Waals surface area contributed by atoms with Crippen molar-refractivity contribution in [1.82, 2.24) is 30.8 Å². The van der Waals surface area contributed by atoms with Crippen LogP contribution in [0.1, 0.15) is 151 Å². The largest absolute Gasteiger partial charge is 0.478 e. The number of pyridine rings is 2. The van der Waals surface area contributed by atoms with Gasteiger partial charge >= 0.3 is 18.2 Å². The van der Waals surface area contributed by atoms with Gasteiger partial charge in [-0.15, -0.1) is 22.7 Å². The summed E-state index contributed by atoms with van der Waals surface area (Å²) in [5.74, 6) is -1.07. The van der Waals surface area contributed by atoms with Gasteiger partial charge in [0.05, 0.1) is 15.6 Å². The van der Waals surface area contributed by atoms with Crippen molar-refractivity contribution in [3.63, 3.8) is 0 Å². The van der Waals surface area contributed by atoms with Gasteiger partial charge in [0.25, 0.3) is 5.91 Å². The monoisotopic (exact) mass is 1150 g/mol. The van der Waals surface area contributed by atoms with Gasteiger partial charge in [0, 0.05) is 103 Å². The highest BCUT2D eigenvalue weighted by atomic mass is 35.5. The summed E-state index contributed by atoms with van der Waals surface area (Å²) in [6.07, 6.45) is 6.70. The van der Waals surface area contributed by atoms with Crippen LogP contribution < -0.4 is 16.0 Å². The Morgan fingerprint density at radius 1 is 0.620 bits per heavy atom. The number of likely N-dealkylation sites (tertiary alicyclic amines) is 1. The van der Waals surface area contributed by atoms with Crippen molar-refractivity contribution in [2.45, 2.75) is 157 Å². The predicted octanol–water partition coefficient (Wildman–Crippen LogP) is 15.6. The van der Waals surface area contributed by atoms with Crippen LogP contribution in [0.3, 0.4) is 0 Å². The number of carbonyl (C=O) groups is 4. The van der Waals surface area contributed by atoms with Crippen LogP contribution in [0.2, 0.25) is 10.0 Å². The fraction of sp³-hybridized carbons (Fsp3) is 0.452. The molecule has 0 radical (unpaired) electrons. The highest BCUT2D eigenvalue weighted by Crippen LogP contribution is 2.42. The van der Waals surface area contributed by atoms with Crippen LogP contribution in [0, 0.1) is 13.8 Å². The minimum Gasteiger partial charge on any atom is -0.478 e. The topological polar surface area (TPSA) is 172 Å². The maximum absolute atomic E-state index is 13.3. The maximum atomic E-state index is 13.3. The Kier molecular flexibility index (Phi) is 20.7. The molecule has 2 atom stereocenters. The molecular formula is C62H78Cl2N6O7S2. The molecule has 0 aliphatic carbocycles. The van der Waals surface area contributed by atoms with E-state index in [0.717, 1.165) is 93.3 Å². The van der Waals surface area contributed by atoms with Gasteiger partial charge in [0.15, 0.2) is 0 Å². The second kappa shape index (κ2) is 26.2. The number of aromatic nitrogens is 2. The lowest BCUT2D eigenvalue weighted by atomic mass is 9.90. The van der Waals surface area contributed by atoms with Crippen molar-refractivity contribution in [3.8, 4) is 43.1 Å². The van der Waals surface area contributed by atoms with Gasteiger partial charge in [-0.1, -0.05) is 76.9 Å². The number of carboxylic acid groups (broad SMARTS) is 1. The minimum atomic E-state index is -0.979. The number of hydrogen-bond acceptors (Lipinski definition) is 11. The molecule has 2 unspecified atom stereocenters. The Labute approximate surface area is 485 Å². The van der Waals surface area contributed by atoms with Crippen molar-refractivity contribution in [2.75, 3.05) is 26.2 Å². The number of aromatic carboxylic acids is 1. The van der Waals surface area contributed by atoms with Crippen molar-refractivity contribution >= 4 is 69.9 Å². The summed E-state index contributed by atoms with van der Waals surface area (Å²) in [5, 5.41) is 19.1. The molecule has 0 spiro atoms. The quantitative estimate of drug-likeness (QED) is 0.115. The van der Waals surface area contributed by atoms with Gasteiger partial charge in [-0.2, -0.15) is 0 Å². The van der Waals surface area contributed by atoms with Gasteiger partial charge in [-0.25, -0.2) is 14.4 Å². The molecule has 2 saturated heterocycles. The summed E-state index contributed by atoms with van der Waals surface area (Å²) in [7, 11) is 0. The smallest absolute Gasteiger partial charge is 0.407 e. The van der Waals surface area contributed by atoms with Crippen LogP contribution in [0.5, 0.6) is 0 Å². The van der Waals surface area contributed by atoms with Crippen LogP contribution in [0.15, 0.2) is 85.2 Å². The number of hydrogen-bond donors (Lipinski definition) is 4. The molecule has 4 N–H and O–H groups in total. The van der Waals surface area contributed by atoms with Crippen LogP contribution in [-0.4, -0.2) is 93.5 Å². The Balaban J connectivity index is 0.000000215. The van der Waals surface area contributed by atoms with E-state index in [-0.39, 0.29) is 40.5 Å². The van der Waals surface area contributed by atoms with E-state index in [4.69, 9.17) is 37.8 Å². The van der Waals surface area contributed by atoms with E-state index in [9.17, 15) is 19.2 Å². The first-order valence-electron chi connectivity index (χ1n) is 26.8. The molecule has 2 aliphatic heterocycles. The molecule has 79 heavy (non-hydrogen) atoms. The third kappa shape index (κ3) is 18.1. The zero-order chi connectivity index (χ0) is 58.2. The molecular weight excluding hydrogens is 1080 g/mol. The van der Waals surface area contributed by atoms with Crippen LogP contribution in [0.25, 0.3) is 43.1 Å². The lowest BCUT2D eigenvalue weighted by molar-refractivity contribution is 0.0450. The number of rotatable bonds is 8. The second-order valence-electron chi connectivity index (χ2n) is 24.1. The average molecular weight is 1150 g/mol. The van der Waals surface area contributed by atoms with E-state index in [1.807, 2.05) is 78.2 Å². The first kappa shape index (κ1) is 62.4. The summed E-state index contributed by atoms with van der Waals surface area (Å²) < 4.78 is 10.5. The SMILES string of the molecule is CC(C)(C)OC(=O)NC1CCCNC1.Cc1sc(-c2ccc(C(=O)N3CCCC(NC(=O)OC(C)(C)C)C3)cc2Cl)cc1-c1ccnc(C(C)(C)C)c1.Cc1sc(-c2ccc(C(=O)O)cc2Cl)cc1-c1ccnc(C(C)(C)C)c1. The summed E-state index contributed by atoms with van der Waals surface area (Å²) in [5.41, 5.74) is 8.13. The molecule has 8 rings (SSSR count). The summed E-state index contributed by atoms with van der Waals surface area (Å²) in [6, 6.07) is 23.1. The third-order valence-electron chi connectivity index (χ3n) is 12.9. The average Bonchev–Trinajstić information content (AvgIpc) is 4.14. The van der Waals surface area contributed by atoms with Gasteiger partial charge in [-0.05, 0) is 171 Å². The normalized spacial score (nSPS) is 15.9. The molecule has 6 aromatic rings. The van der Waals surface area contributed by atoms with E-state index in [1.54, 1.807) is 45.8 Å². The summed E-state index contributed by atoms with van der Waals surface area (Å²) in [6.45, 7) is 31.2. The Bertz CT molecular complexity index is 3120. The predicted molar refractivity (Wildman–Crippen MR) is 323 cm³/mol. The van der Waals surface area contributed by atoms with Crippen LogP contribution >= 0.6 is 45.9 Å². The standard InChI is InChI=1S/C31H38ClN3O3S.C21H20ClNO2S.C10H20N2O2/c1-19-24(20-12-13-33-27(16-20)30(2,3)4)17-26(39-19)23-11-10-21(15-25(23)32)28(36)35-14-8-9-22(18-35)34-29(37)38-31(5,6)7;1-12-16(13-7-8-23-19(10-13)21(2,3)4)11-18(26-12)15-6-5-14(20(24)25)9-17(15)22;1-10(2,3)14-9(13)12-8-5-4-6-11-7-8/h10-13,15-17,22H,8-9,14,18H2,1-7H3,(H,34,37);5-11H,1-4H3,(H,24,25);8,11H,4-7H2,1-3H3,(H,12,13). The zero-order valence-corrected chi connectivity index (χ0v) is 51.4. The van der Waals surface area contributed by atoms with E-state index in [1.165, 1.54) is 15.8 Å². The molecule has 0 saturated carbocycles. The molecule has 2 aromatic carbocycles. The molecule has 0 bridgehead atoms. The number of halogens is 2. The second-order valence-corrected chi connectivity index (χ2v) is 27.5. The lowest BCUT2D eigenvalue weighted by Gasteiger charge is -2.33. The fourth-order valence-corrected chi connectivity index (χ4v) is 11.7. The molecule has 6 heterocycles. The number of alkyl carbamates (subject to hydrolysis) is 2.